The van der Waals surface area contributed by atoms with Crippen molar-refractivity contribution >= 4 is 28.2 Å². The molecule has 0 fully saturated rings. The van der Waals surface area contributed by atoms with E-state index < -0.39 is 0 Å². The van der Waals surface area contributed by atoms with E-state index in [2.05, 4.69) is 16.3 Å². The minimum absolute atomic E-state index is 0.724. The minimum atomic E-state index is 0.724. The summed E-state index contributed by atoms with van der Waals surface area (Å²) < 4.78 is 0.923. The summed E-state index contributed by atoms with van der Waals surface area (Å²) in [5.74, 6) is 0.742. The molecule has 18 heavy (non-hydrogen) atoms. The lowest BCUT2D eigenvalue weighted by molar-refractivity contribution is 0.972. The SMILES string of the molecule is CN(C)c1nnc(SCc2ccccc2C#N)s1. The molecule has 4 nitrogen and oxygen atoms in total. The molecule has 92 valence electrons. The second-order valence-electron chi connectivity index (χ2n) is 3.80. The predicted octanol–water partition coefficient (Wildman–Crippen LogP) is 2.77. The van der Waals surface area contributed by atoms with Gasteiger partial charge in [0.25, 0.3) is 0 Å². The van der Waals surface area contributed by atoms with Crippen LogP contribution in [0.2, 0.25) is 0 Å². The van der Waals surface area contributed by atoms with Gasteiger partial charge in [-0.05, 0) is 11.6 Å². The number of anilines is 1. The van der Waals surface area contributed by atoms with Crippen LogP contribution in [0.3, 0.4) is 0 Å². The minimum Gasteiger partial charge on any atom is -0.353 e. The third-order valence-electron chi connectivity index (χ3n) is 2.27. The van der Waals surface area contributed by atoms with E-state index >= 15 is 0 Å². The Morgan fingerprint density at radius 1 is 1.33 bits per heavy atom. The number of hydrogen-bond donors (Lipinski definition) is 0. The van der Waals surface area contributed by atoms with Gasteiger partial charge in [0, 0.05) is 19.8 Å². The average molecular weight is 276 g/mol. The molecule has 2 rings (SSSR count). The van der Waals surface area contributed by atoms with Gasteiger partial charge in [-0.15, -0.1) is 10.2 Å². The van der Waals surface area contributed by atoms with Crippen molar-refractivity contribution in [3.63, 3.8) is 0 Å². The Hall–Kier alpha value is -1.58. The Kier molecular flexibility index (Phi) is 4.18. The lowest BCUT2D eigenvalue weighted by atomic mass is 10.1. The third-order valence-corrected chi connectivity index (χ3v) is 4.54. The summed E-state index contributed by atoms with van der Waals surface area (Å²) in [6.45, 7) is 0. The lowest BCUT2D eigenvalue weighted by Crippen LogP contribution is -2.07. The number of hydrogen-bond acceptors (Lipinski definition) is 6. The van der Waals surface area contributed by atoms with Crippen LogP contribution in [0.1, 0.15) is 11.1 Å². The molecule has 0 atom stereocenters. The molecule has 1 aromatic heterocycles. The van der Waals surface area contributed by atoms with Crippen LogP contribution in [-0.4, -0.2) is 24.3 Å². The highest BCUT2D eigenvalue weighted by Gasteiger charge is 2.08. The van der Waals surface area contributed by atoms with Crippen molar-refractivity contribution in [2.45, 2.75) is 10.1 Å². The van der Waals surface area contributed by atoms with Crippen molar-refractivity contribution in [3.8, 4) is 6.07 Å². The topological polar surface area (TPSA) is 52.8 Å². The molecule has 0 radical (unpaired) electrons. The first-order valence-electron chi connectivity index (χ1n) is 5.32. The Balaban J connectivity index is 2.05. The number of thioether (sulfide) groups is 1. The van der Waals surface area contributed by atoms with Gasteiger partial charge in [0.2, 0.25) is 5.13 Å². The second kappa shape index (κ2) is 5.85. The van der Waals surface area contributed by atoms with Crippen LogP contribution in [0.25, 0.3) is 0 Å². The molecule has 0 amide bonds. The van der Waals surface area contributed by atoms with Crippen molar-refractivity contribution in [2.24, 2.45) is 0 Å². The first-order valence-corrected chi connectivity index (χ1v) is 7.12. The van der Waals surface area contributed by atoms with Crippen molar-refractivity contribution in [1.29, 1.82) is 5.26 Å². The van der Waals surface area contributed by atoms with Crippen LogP contribution in [0.15, 0.2) is 28.6 Å². The van der Waals surface area contributed by atoms with Gasteiger partial charge in [-0.3, -0.25) is 0 Å². The van der Waals surface area contributed by atoms with Gasteiger partial charge in [0.15, 0.2) is 4.34 Å². The number of benzene rings is 1. The Morgan fingerprint density at radius 3 is 2.78 bits per heavy atom. The molecular weight excluding hydrogens is 264 g/mol. The van der Waals surface area contributed by atoms with Crippen molar-refractivity contribution < 1.29 is 0 Å². The number of nitrogens with zero attached hydrogens (tertiary/aromatic N) is 4. The molecule has 0 aliphatic heterocycles. The van der Waals surface area contributed by atoms with Gasteiger partial charge in [0.1, 0.15) is 0 Å². The summed E-state index contributed by atoms with van der Waals surface area (Å²) in [4.78, 5) is 1.94. The van der Waals surface area contributed by atoms with Gasteiger partial charge in [0.05, 0.1) is 11.6 Å². The van der Waals surface area contributed by atoms with Crippen molar-refractivity contribution in [3.05, 3.63) is 35.4 Å². The van der Waals surface area contributed by atoms with E-state index in [-0.39, 0.29) is 0 Å². The van der Waals surface area contributed by atoms with E-state index in [9.17, 15) is 0 Å². The molecule has 1 aromatic carbocycles. The van der Waals surface area contributed by atoms with Crippen LogP contribution in [0.4, 0.5) is 5.13 Å². The van der Waals surface area contributed by atoms with E-state index in [1.165, 1.54) is 0 Å². The molecule has 0 saturated carbocycles. The molecule has 2 aromatic rings. The van der Waals surface area contributed by atoms with E-state index in [4.69, 9.17) is 5.26 Å². The fourth-order valence-corrected chi connectivity index (χ4v) is 3.10. The zero-order valence-electron chi connectivity index (χ0n) is 10.1. The predicted molar refractivity (Wildman–Crippen MR) is 75.0 cm³/mol. The molecule has 0 N–H and O–H groups in total. The van der Waals surface area contributed by atoms with Crippen LogP contribution >= 0.6 is 23.1 Å². The van der Waals surface area contributed by atoms with E-state index in [1.807, 2.05) is 43.3 Å². The third kappa shape index (κ3) is 3.00. The van der Waals surface area contributed by atoms with E-state index in [1.54, 1.807) is 23.1 Å². The molecule has 0 spiro atoms. The molecule has 1 heterocycles. The maximum atomic E-state index is 9.00. The maximum Gasteiger partial charge on any atom is 0.208 e. The Labute approximate surface area is 114 Å². The summed E-state index contributed by atoms with van der Waals surface area (Å²) in [5.41, 5.74) is 1.76. The summed E-state index contributed by atoms with van der Waals surface area (Å²) in [7, 11) is 3.89. The molecule has 0 aliphatic rings. The molecule has 0 aliphatic carbocycles. The molecule has 0 unspecified atom stereocenters. The zero-order valence-corrected chi connectivity index (χ0v) is 11.8. The summed E-state index contributed by atoms with van der Waals surface area (Å²) in [6.07, 6.45) is 0. The maximum absolute atomic E-state index is 9.00. The first kappa shape index (κ1) is 12.9. The van der Waals surface area contributed by atoms with Gasteiger partial charge < -0.3 is 4.90 Å². The smallest absolute Gasteiger partial charge is 0.208 e. The fraction of sp³-hybridized carbons (Fsp3) is 0.250. The highest BCUT2D eigenvalue weighted by molar-refractivity contribution is 8.00. The summed E-state index contributed by atoms with van der Waals surface area (Å²) >= 11 is 3.17. The Bertz CT molecular complexity index is 571. The molecule has 0 bridgehead atoms. The molecule has 0 saturated heterocycles. The van der Waals surface area contributed by atoms with Crippen LogP contribution in [0, 0.1) is 11.3 Å². The fourth-order valence-electron chi connectivity index (χ4n) is 1.34. The lowest BCUT2D eigenvalue weighted by Gasteiger charge is -2.04. The van der Waals surface area contributed by atoms with E-state index in [0.29, 0.717) is 0 Å². The normalized spacial score (nSPS) is 10.1. The highest BCUT2D eigenvalue weighted by Crippen LogP contribution is 2.29. The van der Waals surface area contributed by atoms with Gasteiger partial charge >= 0.3 is 0 Å². The number of nitriles is 1. The Morgan fingerprint density at radius 2 is 2.11 bits per heavy atom. The van der Waals surface area contributed by atoms with Crippen LogP contribution < -0.4 is 4.90 Å². The number of rotatable bonds is 4. The van der Waals surface area contributed by atoms with Gasteiger partial charge in [-0.1, -0.05) is 41.3 Å². The van der Waals surface area contributed by atoms with Crippen LogP contribution in [0.5, 0.6) is 0 Å². The zero-order chi connectivity index (χ0) is 13.0. The monoisotopic (exact) mass is 276 g/mol. The number of aromatic nitrogens is 2. The van der Waals surface area contributed by atoms with Gasteiger partial charge in [-0.2, -0.15) is 5.26 Å². The van der Waals surface area contributed by atoms with Crippen molar-refractivity contribution in [1.82, 2.24) is 10.2 Å². The van der Waals surface area contributed by atoms with Crippen molar-refractivity contribution in [2.75, 3.05) is 19.0 Å². The van der Waals surface area contributed by atoms with E-state index in [0.717, 1.165) is 26.4 Å². The van der Waals surface area contributed by atoms with Gasteiger partial charge in [-0.25, -0.2) is 0 Å². The quantitative estimate of drug-likeness (QED) is 0.804. The average Bonchev–Trinajstić information content (AvgIpc) is 2.85. The standard InChI is InChI=1S/C12H12N4S2/c1-16(2)11-14-15-12(18-11)17-8-10-6-4-3-5-9(10)7-13/h3-6H,8H2,1-2H3. The largest absolute Gasteiger partial charge is 0.353 e. The highest BCUT2D eigenvalue weighted by atomic mass is 32.2. The summed E-state index contributed by atoms with van der Waals surface area (Å²) in [5, 5.41) is 18.1. The second-order valence-corrected chi connectivity index (χ2v) is 5.98. The van der Waals surface area contributed by atoms with Crippen LogP contribution in [-0.2, 0) is 5.75 Å². The molecular formula is C12H12N4S2. The summed E-state index contributed by atoms with van der Waals surface area (Å²) in [6, 6.07) is 9.83. The first-order chi connectivity index (χ1) is 8.70. The molecule has 6 heteroatoms.